The molecule has 2 aliphatic heterocycles. The Morgan fingerprint density at radius 1 is 1.26 bits per heavy atom. The third-order valence-electron chi connectivity index (χ3n) is 3.78. The van der Waals surface area contributed by atoms with E-state index in [9.17, 15) is 0 Å². The van der Waals surface area contributed by atoms with Crippen molar-refractivity contribution in [2.45, 2.75) is 32.4 Å². The van der Waals surface area contributed by atoms with Gasteiger partial charge < -0.3 is 10.1 Å². The molecule has 2 heterocycles. The van der Waals surface area contributed by atoms with Crippen LogP contribution in [0.1, 0.15) is 25.0 Å². The Morgan fingerprint density at radius 2 is 2.00 bits per heavy atom. The first-order valence-corrected chi connectivity index (χ1v) is 6.87. The molecule has 1 fully saturated rings. The summed E-state index contributed by atoms with van der Waals surface area (Å²) >= 11 is 0. The van der Waals surface area contributed by atoms with Gasteiger partial charge in [-0.25, -0.2) is 0 Å². The fourth-order valence-corrected chi connectivity index (χ4v) is 2.91. The molecule has 1 aromatic rings. The van der Waals surface area contributed by atoms with Gasteiger partial charge in [-0.1, -0.05) is 18.2 Å². The molecule has 0 aromatic heterocycles. The van der Waals surface area contributed by atoms with Crippen LogP contribution in [0.25, 0.3) is 0 Å². The van der Waals surface area contributed by atoms with Crippen LogP contribution in [0.3, 0.4) is 0 Å². The third kappa shape index (κ3) is 3.22. The van der Waals surface area contributed by atoms with Crippen molar-refractivity contribution >= 4 is 12.4 Å². The van der Waals surface area contributed by atoms with Gasteiger partial charge in [0.15, 0.2) is 0 Å². The summed E-state index contributed by atoms with van der Waals surface area (Å²) in [6.45, 7) is 9.81. The predicted molar refractivity (Wildman–Crippen MR) is 80.2 cm³/mol. The Morgan fingerprint density at radius 3 is 2.74 bits per heavy atom. The maximum absolute atomic E-state index is 6.12. The monoisotopic (exact) mass is 282 g/mol. The van der Waals surface area contributed by atoms with Crippen LogP contribution in [0.15, 0.2) is 18.2 Å². The summed E-state index contributed by atoms with van der Waals surface area (Å²) in [6.07, 6.45) is 1.03. The summed E-state index contributed by atoms with van der Waals surface area (Å²) in [5.41, 5.74) is 2.68. The quantitative estimate of drug-likeness (QED) is 0.900. The topological polar surface area (TPSA) is 24.5 Å². The molecule has 2 aliphatic rings. The van der Waals surface area contributed by atoms with Gasteiger partial charge in [-0.2, -0.15) is 0 Å². The fraction of sp³-hybridized carbons (Fsp3) is 0.600. The van der Waals surface area contributed by atoms with E-state index in [2.05, 4.69) is 42.3 Å². The zero-order valence-electron chi connectivity index (χ0n) is 11.7. The summed E-state index contributed by atoms with van der Waals surface area (Å²) < 4.78 is 6.12. The van der Waals surface area contributed by atoms with Gasteiger partial charge in [0.2, 0.25) is 0 Å². The van der Waals surface area contributed by atoms with Gasteiger partial charge in [-0.3, -0.25) is 4.90 Å². The van der Waals surface area contributed by atoms with Crippen molar-refractivity contribution in [3.05, 3.63) is 29.3 Å². The van der Waals surface area contributed by atoms with E-state index >= 15 is 0 Å². The highest BCUT2D eigenvalue weighted by atomic mass is 35.5. The second-order valence-corrected chi connectivity index (χ2v) is 5.97. The van der Waals surface area contributed by atoms with E-state index in [0.29, 0.717) is 0 Å². The predicted octanol–water partition coefficient (Wildman–Crippen LogP) is 2.23. The Balaban J connectivity index is 0.00000133. The van der Waals surface area contributed by atoms with E-state index in [1.807, 2.05) is 0 Å². The summed E-state index contributed by atoms with van der Waals surface area (Å²) in [7, 11) is 0. The summed E-state index contributed by atoms with van der Waals surface area (Å²) in [4.78, 5) is 2.50. The molecule has 106 valence electrons. The van der Waals surface area contributed by atoms with Gasteiger partial charge >= 0.3 is 0 Å². The van der Waals surface area contributed by atoms with Gasteiger partial charge in [0, 0.05) is 44.7 Å². The van der Waals surface area contributed by atoms with Gasteiger partial charge in [0.1, 0.15) is 11.4 Å². The van der Waals surface area contributed by atoms with Crippen molar-refractivity contribution in [3.63, 3.8) is 0 Å². The third-order valence-corrected chi connectivity index (χ3v) is 3.78. The first-order chi connectivity index (χ1) is 8.64. The fourth-order valence-electron chi connectivity index (χ4n) is 2.91. The molecule has 0 spiro atoms. The zero-order chi connectivity index (χ0) is 12.6. The summed E-state index contributed by atoms with van der Waals surface area (Å²) in [6, 6.07) is 6.58. The van der Waals surface area contributed by atoms with E-state index in [-0.39, 0.29) is 18.0 Å². The number of benzene rings is 1. The normalized spacial score (nSPS) is 21.4. The van der Waals surface area contributed by atoms with Crippen molar-refractivity contribution in [2.75, 3.05) is 26.2 Å². The molecule has 0 bridgehead atoms. The molecule has 3 rings (SSSR count). The Bertz CT molecular complexity index is 442. The Labute approximate surface area is 121 Å². The number of halogens is 1. The van der Waals surface area contributed by atoms with Crippen LogP contribution in [0.4, 0.5) is 0 Å². The van der Waals surface area contributed by atoms with E-state index in [1.165, 1.54) is 11.1 Å². The number of para-hydroxylation sites is 1. The SMILES string of the molecule is CC1(C)Cc2cccc(CN3CCNCC3)c2O1.Cl. The smallest absolute Gasteiger partial charge is 0.127 e. The highest BCUT2D eigenvalue weighted by molar-refractivity contribution is 5.85. The molecule has 3 nitrogen and oxygen atoms in total. The number of rotatable bonds is 2. The lowest BCUT2D eigenvalue weighted by Crippen LogP contribution is -2.42. The maximum Gasteiger partial charge on any atom is 0.127 e. The molecule has 0 amide bonds. The summed E-state index contributed by atoms with van der Waals surface area (Å²) in [5.74, 6) is 1.14. The van der Waals surface area contributed by atoms with Crippen LogP contribution in [0, 0.1) is 0 Å². The van der Waals surface area contributed by atoms with Gasteiger partial charge in [-0.15, -0.1) is 12.4 Å². The second kappa shape index (κ2) is 5.70. The van der Waals surface area contributed by atoms with E-state index in [1.54, 1.807) is 0 Å². The average Bonchev–Trinajstić information content (AvgIpc) is 2.66. The second-order valence-electron chi connectivity index (χ2n) is 5.97. The molecule has 1 aromatic carbocycles. The van der Waals surface area contributed by atoms with Crippen molar-refractivity contribution in [3.8, 4) is 5.75 Å². The van der Waals surface area contributed by atoms with E-state index in [4.69, 9.17) is 4.74 Å². The standard InChI is InChI=1S/C15H22N2O.ClH/c1-15(2)10-12-4-3-5-13(14(12)18-15)11-17-8-6-16-7-9-17;/h3-5,16H,6-11H2,1-2H3;1H. The molecular formula is C15H23ClN2O. The van der Waals surface area contributed by atoms with Crippen LogP contribution < -0.4 is 10.1 Å². The van der Waals surface area contributed by atoms with Crippen LogP contribution in [-0.2, 0) is 13.0 Å². The highest BCUT2D eigenvalue weighted by Gasteiger charge is 2.31. The lowest BCUT2D eigenvalue weighted by Gasteiger charge is -2.28. The first kappa shape index (κ1) is 14.6. The van der Waals surface area contributed by atoms with Crippen LogP contribution in [0.2, 0.25) is 0 Å². The molecule has 1 saturated heterocycles. The lowest BCUT2D eigenvalue weighted by atomic mass is 10.0. The molecule has 0 radical (unpaired) electrons. The largest absolute Gasteiger partial charge is 0.487 e. The molecule has 0 atom stereocenters. The van der Waals surface area contributed by atoms with Crippen molar-refractivity contribution in [1.82, 2.24) is 10.2 Å². The molecule has 0 unspecified atom stereocenters. The molecule has 19 heavy (non-hydrogen) atoms. The van der Waals surface area contributed by atoms with Gasteiger partial charge in [0.05, 0.1) is 0 Å². The number of piperazine rings is 1. The van der Waals surface area contributed by atoms with Crippen LogP contribution in [0.5, 0.6) is 5.75 Å². The number of hydrogen-bond acceptors (Lipinski definition) is 3. The Kier molecular flexibility index (Phi) is 4.39. The maximum atomic E-state index is 6.12. The number of fused-ring (bicyclic) bond motifs is 1. The molecule has 0 saturated carbocycles. The van der Waals surface area contributed by atoms with Crippen molar-refractivity contribution in [2.24, 2.45) is 0 Å². The molecular weight excluding hydrogens is 260 g/mol. The average molecular weight is 283 g/mol. The first-order valence-electron chi connectivity index (χ1n) is 6.87. The van der Waals surface area contributed by atoms with Crippen molar-refractivity contribution in [1.29, 1.82) is 0 Å². The Hall–Kier alpha value is -0.770. The van der Waals surface area contributed by atoms with Crippen LogP contribution in [-0.4, -0.2) is 36.7 Å². The van der Waals surface area contributed by atoms with Gasteiger partial charge in [0.25, 0.3) is 0 Å². The molecule has 0 aliphatic carbocycles. The van der Waals surface area contributed by atoms with Crippen molar-refractivity contribution < 1.29 is 4.74 Å². The zero-order valence-corrected chi connectivity index (χ0v) is 12.6. The van der Waals surface area contributed by atoms with E-state index in [0.717, 1.165) is 44.9 Å². The molecule has 1 N–H and O–H groups in total. The number of hydrogen-bond donors (Lipinski definition) is 1. The number of nitrogens with zero attached hydrogens (tertiary/aromatic N) is 1. The molecule has 4 heteroatoms. The van der Waals surface area contributed by atoms with Crippen LogP contribution >= 0.6 is 12.4 Å². The minimum Gasteiger partial charge on any atom is -0.487 e. The number of ether oxygens (including phenoxy) is 1. The minimum absolute atomic E-state index is 0. The highest BCUT2D eigenvalue weighted by Crippen LogP contribution is 2.37. The lowest BCUT2D eigenvalue weighted by molar-refractivity contribution is 0.134. The number of nitrogens with one attached hydrogen (secondary N) is 1. The minimum atomic E-state index is -0.0398. The van der Waals surface area contributed by atoms with Gasteiger partial charge in [-0.05, 0) is 19.4 Å². The summed E-state index contributed by atoms with van der Waals surface area (Å²) in [5, 5.41) is 3.39. The van der Waals surface area contributed by atoms with E-state index < -0.39 is 0 Å².